The number of aromatic amines is 1. The van der Waals surface area contributed by atoms with Crippen LogP contribution in [0.2, 0.25) is 0 Å². The zero-order chi connectivity index (χ0) is 41.2. The second kappa shape index (κ2) is 19.3. The van der Waals surface area contributed by atoms with Gasteiger partial charge in [-0.05, 0) is 80.0 Å². The van der Waals surface area contributed by atoms with Crippen LogP contribution >= 0.6 is 0 Å². The third-order valence-electron chi connectivity index (χ3n) is 11.5. The van der Waals surface area contributed by atoms with Crippen molar-refractivity contribution in [1.29, 1.82) is 0 Å². The molecule has 2 aliphatic rings. The Morgan fingerprint density at radius 1 is 0.810 bits per heavy atom. The molecule has 13 nitrogen and oxygen atoms in total. The van der Waals surface area contributed by atoms with Crippen LogP contribution in [0.5, 0.6) is 0 Å². The molecule has 13 heteroatoms. The van der Waals surface area contributed by atoms with Crippen molar-refractivity contribution in [2.45, 2.75) is 94.9 Å². The molecule has 5 atom stereocenters. The molecule has 6 rings (SSSR count). The lowest BCUT2D eigenvalue weighted by atomic mass is 9.99. The number of nitrogens with two attached hydrogens (primary N) is 2. The van der Waals surface area contributed by atoms with Crippen molar-refractivity contribution in [2.75, 3.05) is 19.6 Å². The molecular weight excluding hydrogens is 733 g/mol. The highest BCUT2D eigenvalue weighted by Crippen LogP contribution is 2.48. The highest BCUT2D eigenvalue weighted by atomic mass is 16.2. The van der Waals surface area contributed by atoms with Gasteiger partial charge >= 0.3 is 5.69 Å². The molecule has 0 radical (unpaired) electrons. The van der Waals surface area contributed by atoms with Gasteiger partial charge in [0.05, 0.1) is 11.7 Å². The molecule has 1 aliphatic heterocycles. The Morgan fingerprint density at radius 3 is 2.00 bits per heavy atom. The van der Waals surface area contributed by atoms with Crippen LogP contribution in [0.15, 0.2) is 102 Å². The first kappa shape index (κ1) is 42.1. The van der Waals surface area contributed by atoms with Gasteiger partial charge in [-0.2, -0.15) is 0 Å². The van der Waals surface area contributed by atoms with Crippen LogP contribution in [0.1, 0.15) is 69.5 Å². The van der Waals surface area contributed by atoms with Crippen molar-refractivity contribution in [1.82, 2.24) is 30.4 Å². The monoisotopic (exact) mass is 790 g/mol. The number of nitrogens with zero attached hydrogens (tertiary/aromatic N) is 2. The predicted octanol–water partition coefficient (Wildman–Crippen LogP) is 3.45. The fraction of sp³-hybridized carbons (Fsp3) is 0.444. The van der Waals surface area contributed by atoms with Crippen molar-refractivity contribution in [3.05, 3.63) is 119 Å². The van der Waals surface area contributed by atoms with E-state index in [-0.39, 0.29) is 35.9 Å². The topological polar surface area (TPSA) is 197 Å². The van der Waals surface area contributed by atoms with Gasteiger partial charge in [-0.1, -0.05) is 105 Å². The van der Waals surface area contributed by atoms with E-state index in [1.807, 2.05) is 111 Å². The molecule has 58 heavy (non-hydrogen) atoms. The fourth-order valence-electron chi connectivity index (χ4n) is 8.17. The summed E-state index contributed by atoms with van der Waals surface area (Å²) in [5.41, 5.74) is 14.3. The number of likely N-dealkylation sites (tertiary alicyclic amines) is 1. The number of aromatic nitrogens is 2. The molecule has 4 aromatic rings. The van der Waals surface area contributed by atoms with Crippen molar-refractivity contribution < 1.29 is 19.2 Å². The lowest BCUT2D eigenvalue weighted by molar-refractivity contribution is -0.140. The molecule has 1 saturated carbocycles. The standard InChI is InChI=1S/C45H58N8O5/c1-30(2)25-37(49-41(55)38(27-32-15-8-4-9-16-32)48-40(54)36(47)26-31-13-6-3-7-14-31)42(56)51-45(28-34(45)19-12-22-46)43(57)52-23-20-35(21-24-52)53-29-39(50-44(53)58)33-17-10-5-11-18-33/h3-11,13-18,29-30,34-38H,12,19-28,46-47H2,1-2H3,(H,48,54)(H,49,55)(H,50,58)(H,51,56)/t34?,36-,37-,38-,45?/m1/s1. The number of carbonyl (C=O) groups is 4. The number of hydrogen-bond acceptors (Lipinski definition) is 7. The third kappa shape index (κ3) is 10.5. The molecule has 2 unspecified atom stereocenters. The largest absolute Gasteiger partial charge is 0.343 e. The van der Waals surface area contributed by atoms with E-state index >= 15 is 0 Å². The van der Waals surface area contributed by atoms with Gasteiger partial charge < -0.3 is 37.3 Å². The number of carbonyl (C=O) groups excluding carboxylic acids is 4. The summed E-state index contributed by atoms with van der Waals surface area (Å²) in [4.78, 5) is 74.0. The zero-order valence-corrected chi connectivity index (χ0v) is 33.6. The Balaban J connectivity index is 1.14. The van der Waals surface area contributed by atoms with Crippen molar-refractivity contribution in [2.24, 2.45) is 23.3 Å². The van der Waals surface area contributed by atoms with Gasteiger partial charge in [-0.15, -0.1) is 0 Å². The van der Waals surface area contributed by atoms with Gasteiger partial charge in [0.2, 0.25) is 23.6 Å². The van der Waals surface area contributed by atoms with Crippen molar-refractivity contribution in [3.63, 3.8) is 0 Å². The van der Waals surface area contributed by atoms with Gasteiger partial charge in [-0.3, -0.25) is 23.7 Å². The highest BCUT2D eigenvalue weighted by molar-refractivity contribution is 5.98. The quantitative estimate of drug-likeness (QED) is 0.0888. The second-order valence-corrected chi connectivity index (χ2v) is 16.3. The summed E-state index contributed by atoms with van der Waals surface area (Å²) >= 11 is 0. The Morgan fingerprint density at radius 2 is 1.40 bits per heavy atom. The maximum atomic E-state index is 14.4. The number of nitrogens with one attached hydrogen (secondary N) is 4. The van der Waals surface area contributed by atoms with E-state index in [1.54, 1.807) is 9.47 Å². The average Bonchev–Trinajstić information content (AvgIpc) is 3.79. The van der Waals surface area contributed by atoms with Crippen LogP contribution in [0.25, 0.3) is 11.3 Å². The Bertz CT molecular complexity index is 2040. The highest BCUT2D eigenvalue weighted by Gasteiger charge is 2.62. The molecule has 1 saturated heterocycles. The summed E-state index contributed by atoms with van der Waals surface area (Å²) in [6, 6.07) is 25.5. The van der Waals surface area contributed by atoms with E-state index in [0.717, 1.165) is 22.4 Å². The lowest BCUT2D eigenvalue weighted by Gasteiger charge is -2.36. The van der Waals surface area contributed by atoms with Crippen LogP contribution in [-0.2, 0) is 32.0 Å². The zero-order valence-electron chi connectivity index (χ0n) is 33.6. The molecule has 1 aromatic heterocycles. The number of H-pyrrole nitrogens is 1. The summed E-state index contributed by atoms with van der Waals surface area (Å²) in [6.45, 7) is 5.25. The van der Waals surface area contributed by atoms with Crippen LogP contribution in [0, 0.1) is 11.8 Å². The number of benzene rings is 3. The summed E-state index contributed by atoms with van der Waals surface area (Å²) in [7, 11) is 0. The fourth-order valence-corrected chi connectivity index (χ4v) is 8.17. The minimum atomic E-state index is -1.12. The SMILES string of the molecule is CC(C)C[C@@H](NC(=O)[C@@H](Cc1ccccc1)NC(=O)[C@H](N)Cc1ccccc1)C(=O)NC1(C(=O)N2CCC(n3cc(-c4ccccc4)[nH]c3=O)CC2)CC1CCCN. The molecule has 4 amide bonds. The first-order valence-corrected chi connectivity index (χ1v) is 20.6. The van der Waals surface area contributed by atoms with Gasteiger partial charge in [0.25, 0.3) is 0 Å². The molecular formula is C45H58N8O5. The van der Waals surface area contributed by atoms with E-state index in [4.69, 9.17) is 11.5 Å². The predicted molar refractivity (Wildman–Crippen MR) is 224 cm³/mol. The number of hydrogen-bond donors (Lipinski definition) is 6. The number of rotatable bonds is 18. The minimum Gasteiger partial charge on any atom is -0.343 e. The molecule has 1 aliphatic carbocycles. The lowest BCUT2D eigenvalue weighted by Crippen LogP contribution is -2.60. The normalized spacial score (nSPS) is 19.5. The molecule has 2 fully saturated rings. The summed E-state index contributed by atoms with van der Waals surface area (Å²) in [6.07, 6.45) is 5.68. The maximum Gasteiger partial charge on any atom is 0.326 e. The Labute approximate surface area is 340 Å². The van der Waals surface area contributed by atoms with E-state index in [1.165, 1.54) is 0 Å². The minimum absolute atomic E-state index is 0.0228. The molecule has 308 valence electrons. The van der Waals surface area contributed by atoms with Crippen LogP contribution in [0.4, 0.5) is 0 Å². The van der Waals surface area contributed by atoms with Crippen LogP contribution < -0.4 is 33.1 Å². The Kier molecular flexibility index (Phi) is 14.0. The van der Waals surface area contributed by atoms with Crippen molar-refractivity contribution >= 4 is 23.6 Å². The van der Waals surface area contributed by atoms with E-state index in [9.17, 15) is 24.0 Å². The maximum absolute atomic E-state index is 14.4. The second-order valence-electron chi connectivity index (χ2n) is 16.3. The number of piperidine rings is 1. The Hall–Kier alpha value is -5.53. The summed E-state index contributed by atoms with van der Waals surface area (Å²) in [5, 5.41) is 8.93. The molecule has 2 heterocycles. The van der Waals surface area contributed by atoms with Gasteiger partial charge in [-0.25, -0.2) is 4.79 Å². The summed E-state index contributed by atoms with van der Waals surface area (Å²) in [5.74, 6) is -1.66. The van der Waals surface area contributed by atoms with Crippen LogP contribution in [-0.4, -0.2) is 81.4 Å². The molecule has 3 aromatic carbocycles. The summed E-state index contributed by atoms with van der Waals surface area (Å²) < 4.78 is 1.73. The molecule has 0 bridgehead atoms. The van der Waals surface area contributed by atoms with E-state index in [0.29, 0.717) is 64.6 Å². The number of amides is 4. The van der Waals surface area contributed by atoms with E-state index < -0.39 is 41.4 Å². The number of imidazole rings is 1. The average molecular weight is 791 g/mol. The first-order valence-electron chi connectivity index (χ1n) is 20.6. The van der Waals surface area contributed by atoms with E-state index in [2.05, 4.69) is 20.9 Å². The van der Waals surface area contributed by atoms with Crippen molar-refractivity contribution in [3.8, 4) is 11.3 Å². The molecule has 0 spiro atoms. The first-order chi connectivity index (χ1) is 28.0. The van der Waals surface area contributed by atoms with Gasteiger partial charge in [0.1, 0.15) is 17.6 Å². The van der Waals surface area contributed by atoms with Gasteiger partial charge in [0, 0.05) is 31.7 Å². The molecule has 8 N–H and O–H groups in total. The van der Waals surface area contributed by atoms with Gasteiger partial charge in [0.15, 0.2) is 0 Å². The van der Waals surface area contributed by atoms with Crippen LogP contribution in [0.3, 0.4) is 0 Å². The third-order valence-corrected chi connectivity index (χ3v) is 11.5. The smallest absolute Gasteiger partial charge is 0.326 e.